The minimum atomic E-state index is -3.92. The second-order valence-electron chi connectivity index (χ2n) is 3.99. The highest BCUT2D eigenvalue weighted by Crippen LogP contribution is 2.21. The van der Waals surface area contributed by atoms with Gasteiger partial charge >= 0.3 is 5.97 Å². The number of sulfonamides is 1. The SMILES string of the molecule is NS(=O)(=O)c1ccc(NCc2cccs2)c(C(=O)O)c1. The van der Waals surface area contributed by atoms with Gasteiger partial charge < -0.3 is 10.4 Å². The largest absolute Gasteiger partial charge is 0.478 e. The first kappa shape index (κ1) is 14.5. The number of rotatable bonds is 5. The van der Waals surface area contributed by atoms with Crippen LogP contribution in [-0.2, 0) is 16.6 Å². The minimum absolute atomic E-state index is 0.131. The van der Waals surface area contributed by atoms with Gasteiger partial charge in [-0.3, -0.25) is 0 Å². The third-order valence-electron chi connectivity index (χ3n) is 2.58. The van der Waals surface area contributed by atoms with Gasteiger partial charge in [-0.15, -0.1) is 11.3 Å². The number of nitrogens with two attached hydrogens (primary N) is 1. The average Bonchev–Trinajstić information content (AvgIpc) is 2.88. The van der Waals surface area contributed by atoms with E-state index in [0.717, 1.165) is 10.9 Å². The highest BCUT2D eigenvalue weighted by molar-refractivity contribution is 7.89. The molecule has 0 atom stereocenters. The summed E-state index contributed by atoms with van der Waals surface area (Å²) in [5, 5.41) is 19.0. The molecule has 2 aromatic rings. The van der Waals surface area contributed by atoms with Crippen LogP contribution in [-0.4, -0.2) is 19.5 Å². The van der Waals surface area contributed by atoms with Crippen LogP contribution in [0.5, 0.6) is 0 Å². The third kappa shape index (κ3) is 3.35. The van der Waals surface area contributed by atoms with Gasteiger partial charge in [-0.25, -0.2) is 18.4 Å². The predicted octanol–water partition coefficient (Wildman–Crippen LogP) is 1.71. The number of benzene rings is 1. The topological polar surface area (TPSA) is 109 Å². The van der Waals surface area contributed by atoms with Crippen LogP contribution in [0.2, 0.25) is 0 Å². The van der Waals surface area contributed by atoms with Crippen LogP contribution in [0.3, 0.4) is 0 Å². The van der Waals surface area contributed by atoms with Gasteiger partial charge in [0.15, 0.2) is 0 Å². The number of anilines is 1. The molecule has 0 aliphatic carbocycles. The standard InChI is InChI=1S/C12H12N2O4S2/c13-20(17,18)9-3-4-11(10(6-9)12(15)16)14-7-8-2-1-5-19-8/h1-6,14H,7H2,(H,15,16)(H2,13,17,18). The van der Waals surface area contributed by atoms with Gasteiger partial charge in [0.2, 0.25) is 10.0 Å². The first-order chi connectivity index (χ1) is 9.38. The minimum Gasteiger partial charge on any atom is -0.478 e. The molecule has 0 radical (unpaired) electrons. The van der Waals surface area contributed by atoms with Crippen molar-refractivity contribution in [2.45, 2.75) is 11.4 Å². The summed E-state index contributed by atoms with van der Waals surface area (Å²) in [5.74, 6) is -1.22. The quantitative estimate of drug-likeness (QED) is 0.778. The van der Waals surface area contributed by atoms with Gasteiger partial charge in [0, 0.05) is 17.1 Å². The lowest BCUT2D eigenvalue weighted by Gasteiger charge is -2.10. The molecular formula is C12H12N2O4S2. The van der Waals surface area contributed by atoms with Crippen molar-refractivity contribution < 1.29 is 18.3 Å². The van der Waals surface area contributed by atoms with Gasteiger partial charge in [-0.2, -0.15) is 0 Å². The van der Waals surface area contributed by atoms with E-state index in [1.54, 1.807) is 0 Å². The Morgan fingerprint density at radius 2 is 2.10 bits per heavy atom. The van der Waals surface area contributed by atoms with E-state index < -0.39 is 16.0 Å². The van der Waals surface area contributed by atoms with Crippen LogP contribution >= 0.6 is 11.3 Å². The van der Waals surface area contributed by atoms with Crippen molar-refractivity contribution in [1.82, 2.24) is 0 Å². The summed E-state index contributed by atoms with van der Waals surface area (Å²) in [6.07, 6.45) is 0. The summed E-state index contributed by atoms with van der Waals surface area (Å²) >= 11 is 1.54. The van der Waals surface area contributed by atoms with Crippen molar-refractivity contribution in [3.63, 3.8) is 0 Å². The lowest BCUT2D eigenvalue weighted by Crippen LogP contribution is -2.14. The van der Waals surface area contributed by atoms with Gasteiger partial charge in [0.25, 0.3) is 0 Å². The maximum absolute atomic E-state index is 11.2. The van der Waals surface area contributed by atoms with Crippen LogP contribution in [0.25, 0.3) is 0 Å². The molecule has 0 aliphatic heterocycles. The lowest BCUT2D eigenvalue weighted by molar-refractivity contribution is 0.0697. The number of hydrogen-bond acceptors (Lipinski definition) is 5. The average molecular weight is 312 g/mol. The number of hydrogen-bond donors (Lipinski definition) is 3. The van der Waals surface area contributed by atoms with Gasteiger partial charge in [0.05, 0.1) is 10.5 Å². The number of thiophene rings is 1. The number of carbonyl (C=O) groups is 1. The molecule has 4 N–H and O–H groups in total. The molecule has 0 aliphatic rings. The first-order valence-electron chi connectivity index (χ1n) is 5.54. The normalized spacial score (nSPS) is 11.2. The summed E-state index contributed by atoms with van der Waals surface area (Å²) in [6, 6.07) is 7.53. The Morgan fingerprint density at radius 3 is 2.65 bits per heavy atom. The van der Waals surface area contributed by atoms with E-state index in [0.29, 0.717) is 12.2 Å². The Hall–Kier alpha value is -1.90. The Labute approximate surface area is 119 Å². The number of aromatic carboxylic acids is 1. The van der Waals surface area contributed by atoms with E-state index in [2.05, 4.69) is 5.32 Å². The second kappa shape index (κ2) is 5.61. The molecule has 0 amide bonds. The molecule has 0 saturated carbocycles. The number of carboxylic acids is 1. The van der Waals surface area contributed by atoms with E-state index in [-0.39, 0.29) is 10.5 Å². The van der Waals surface area contributed by atoms with E-state index in [4.69, 9.17) is 10.2 Å². The fraction of sp³-hybridized carbons (Fsp3) is 0.0833. The molecule has 20 heavy (non-hydrogen) atoms. The summed E-state index contributed by atoms with van der Waals surface area (Å²) in [7, 11) is -3.92. The van der Waals surface area contributed by atoms with E-state index in [9.17, 15) is 13.2 Å². The van der Waals surface area contributed by atoms with Crippen molar-refractivity contribution in [2.24, 2.45) is 5.14 Å². The molecule has 1 aromatic carbocycles. The molecule has 0 spiro atoms. The Morgan fingerprint density at radius 1 is 1.35 bits per heavy atom. The molecule has 106 valence electrons. The fourth-order valence-corrected chi connectivity index (χ4v) is 2.81. The van der Waals surface area contributed by atoms with Crippen molar-refractivity contribution >= 4 is 33.0 Å². The number of carboxylic acid groups (broad SMARTS) is 1. The maximum atomic E-state index is 11.2. The molecular weight excluding hydrogens is 300 g/mol. The van der Waals surface area contributed by atoms with Crippen molar-refractivity contribution in [2.75, 3.05) is 5.32 Å². The maximum Gasteiger partial charge on any atom is 0.337 e. The van der Waals surface area contributed by atoms with Crippen molar-refractivity contribution in [3.8, 4) is 0 Å². The molecule has 0 unspecified atom stereocenters. The van der Waals surface area contributed by atoms with Gasteiger partial charge in [0.1, 0.15) is 0 Å². The highest BCUT2D eigenvalue weighted by Gasteiger charge is 2.15. The lowest BCUT2D eigenvalue weighted by atomic mass is 10.2. The molecule has 6 nitrogen and oxygen atoms in total. The van der Waals surface area contributed by atoms with Crippen molar-refractivity contribution in [3.05, 3.63) is 46.2 Å². The molecule has 0 fully saturated rings. The molecule has 2 rings (SSSR count). The van der Waals surface area contributed by atoms with Crippen LogP contribution in [0.1, 0.15) is 15.2 Å². The Balaban J connectivity index is 2.31. The smallest absolute Gasteiger partial charge is 0.337 e. The second-order valence-corrected chi connectivity index (χ2v) is 6.58. The van der Waals surface area contributed by atoms with E-state index >= 15 is 0 Å². The van der Waals surface area contributed by atoms with E-state index in [1.807, 2.05) is 17.5 Å². The van der Waals surface area contributed by atoms with Crippen LogP contribution in [0.15, 0.2) is 40.6 Å². The monoisotopic (exact) mass is 312 g/mol. The zero-order valence-electron chi connectivity index (χ0n) is 10.2. The van der Waals surface area contributed by atoms with Gasteiger partial charge in [-0.05, 0) is 29.6 Å². The molecule has 0 bridgehead atoms. The molecule has 1 aromatic heterocycles. The third-order valence-corrected chi connectivity index (χ3v) is 4.37. The fourth-order valence-electron chi connectivity index (χ4n) is 1.63. The first-order valence-corrected chi connectivity index (χ1v) is 7.97. The van der Waals surface area contributed by atoms with E-state index in [1.165, 1.54) is 23.5 Å². The van der Waals surface area contributed by atoms with Crippen LogP contribution < -0.4 is 10.5 Å². The zero-order chi connectivity index (χ0) is 14.8. The zero-order valence-corrected chi connectivity index (χ0v) is 11.9. The molecule has 8 heteroatoms. The molecule has 1 heterocycles. The summed E-state index contributed by atoms with van der Waals surface area (Å²) < 4.78 is 22.5. The molecule has 0 saturated heterocycles. The Kier molecular flexibility index (Phi) is 4.07. The number of nitrogens with one attached hydrogen (secondary N) is 1. The summed E-state index contributed by atoms with van der Waals surface area (Å²) in [5.41, 5.74) is 0.214. The van der Waals surface area contributed by atoms with Gasteiger partial charge in [-0.1, -0.05) is 6.07 Å². The Bertz CT molecular complexity index is 724. The van der Waals surface area contributed by atoms with Crippen LogP contribution in [0.4, 0.5) is 5.69 Å². The highest BCUT2D eigenvalue weighted by atomic mass is 32.2. The summed E-state index contributed by atoms with van der Waals surface area (Å²) in [4.78, 5) is 12.0. The summed E-state index contributed by atoms with van der Waals surface area (Å²) in [6.45, 7) is 0.465. The van der Waals surface area contributed by atoms with Crippen LogP contribution in [0, 0.1) is 0 Å². The van der Waals surface area contributed by atoms with Crippen molar-refractivity contribution in [1.29, 1.82) is 0 Å². The predicted molar refractivity (Wildman–Crippen MR) is 76.4 cm³/mol. The number of primary sulfonamides is 1.